The van der Waals surface area contributed by atoms with Gasteiger partial charge in [-0.2, -0.15) is 0 Å². The van der Waals surface area contributed by atoms with Crippen LogP contribution in [-0.4, -0.2) is 42.5 Å². The number of halogens is 2. The zero-order chi connectivity index (χ0) is 15.3. The summed E-state index contributed by atoms with van der Waals surface area (Å²) >= 11 is 0. The van der Waals surface area contributed by atoms with E-state index in [0.717, 1.165) is 44.8 Å². The molecule has 138 valence electrons. The predicted molar refractivity (Wildman–Crippen MR) is 102 cm³/mol. The van der Waals surface area contributed by atoms with Gasteiger partial charge in [-0.25, -0.2) is 0 Å². The fraction of sp³-hybridized carbons (Fsp3) is 0.941. The standard InChI is InChI=1S/C17H33N3O.2ClH/c1-3-17(4-2,13-18)16(21)19-14-9-11-20(12-10-14)15-7-5-6-8-15;;/h14-15H,3-13,18H2,1-2H3,(H,19,21);2*1H. The summed E-state index contributed by atoms with van der Waals surface area (Å²) in [7, 11) is 0. The molecule has 1 saturated carbocycles. The molecule has 6 heteroatoms. The van der Waals surface area contributed by atoms with E-state index in [4.69, 9.17) is 5.73 Å². The van der Waals surface area contributed by atoms with Gasteiger partial charge < -0.3 is 16.0 Å². The van der Waals surface area contributed by atoms with Crippen LogP contribution in [0.25, 0.3) is 0 Å². The predicted octanol–water partition coefficient (Wildman–Crippen LogP) is 3.12. The summed E-state index contributed by atoms with van der Waals surface area (Å²) in [6.45, 7) is 6.87. The Labute approximate surface area is 154 Å². The molecule has 1 amide bonds. The first-order chi connectivity index (χ1) is 10.1. The number of nitrogens with two attached hydrogens (primary N) is 1. The first kappa shape index (κ1) is 23.0. The van der Waals surface area contributed by atoms with Gasteiger partial charge in [0.25, 0.3) is 0 Å². The summed E-state index contributed by atoms with van der Waals surface area (Å²) < 4.78 is 0. The van der Waals surface area contributed by atoms with Crippen LogP contribution < -0.4 is 11.1 Å². The highest BCUT2D eigenvalue weighted by Crippen LogP contribution is 2.28. The van der Waals surface area contributed by atoms with E-state index in [-0.39, 0.29) is 36.1 Å². The lowest BCUT2D eigenvalue weighted by Gasteiger charge is -2.38. The van der Waals surface area contributed by atoms with Crippen molar-refractivity contribution in [3.63, 3.8) is 0 Å². The number of nitrogens with one attached hydrogen (secondary N) is 1. The van der Waals surface area contributed by atoms with Crippen LogP contribution in [0.2, 0.25) is 0 Å². The maximum Gasteiger partial charge on any atom is 0.227 e. The molecule has 2 rings (SSSR count). The number of carbonyl (C=O) groups is 1. The molecular formula is C17H35Cl2N3O. The van der Waals surface area contributed by atoms with Gasteiger partial charge in [-0.3, -0.25) is 4.79 Å². The SMILES string of the molecule is CCC(CC)(CN)C(=O)NC1CCN(C2CCCC2)CC1.Cl.Cl. The molecule has 1 aliphatic carbocycles. The second-order valence-corrected chi connectivity index (χ2v) is 6.91. The molecule has 23 heavy (non-hydrogen) atoms. The Morgan fingerprint density at radius 3 is 2.04 bits per heavy atom. The van der Waals surface area contributed by atoms with Gasteiger partial charge in [0.15, 0.2) is 0 Å². The van der Waals surface area contributed by atoms with Gasteiger partial charge in [0.1, 0.15) is 0 Å². The molecule has 0 aromatic carbocycles. The summed E-state index contributed by atoms with van der Waals surface area (Å²) in [4.78, 5) is 15.2. The van der Waals surface area contributed by atoms with E-state index in [1.54, 1.807) is 0 Å². The number of carbonyl (C=O) groups excluding carboxylic acids is 1. The molecule has 0 aromatic rings. The van der Waals surface area contributed by atoms with Crippen molar-refractivity contribution < 1.29 is 4.79 Å². The van der Waals surface area contributed by atoms with Crippen LogP contribution in [0.1, 0.15) is 65.2 Å². The van der Waals surface area contributed by atoms with Crippen molar-refractivity contribution in [1.82, 2.24) is 10.2 Å². The van der Waals surface area contributed by atoms with Crippen LogP contribution in [0, 0.1) is 5.41 Å². The minimum absolute atomic E-state index is 0. The van der Waals surface area contributed by atoms with Gasteiger partial charge in [-0.15, -0.1) is 24.8 Å². The van der Waals surface area contributed by atoms with Gasteiger partial charge in [0.2, 0.25) is 5.91 Å². The second kappa shape index (κ2) is 10.8. The fourth-order valence-electron chi connectivity index (χ4n) is 3.97. The third kappa shape index (κ3) is 5.48. The fourth-order valence-corrected chi connectivity index (χ4v) is 3.97. The molecule has 4 nitrogen and oxygen atoms in total. The molecule has 2 fully saturated rings. The topological polar surface area (TPSA) is 58.4 Å². The van der Waals surface area contributed by atoms with Gasteiger partial charge in [-0.05, 0) is 38.5 Å². The lowest BCUT2D eigenvalue weighted by Crippen LogP contribution is -2.52. The van der Waals surface area contributed by atoms with E-state index in [9.17, 15) is 4.79 Å². The minimum atomic E-state index is -0.359. The van der Waals surface area contributed by atoms with Crippen LogP contribution in [0.3, 0.4) is 0 Å². The zero-order valence-corrected chi connectivity index (χ0v) is 16.3. The smallest absolute Gasteiger partial charge is 0.227 e. The van der Waals surface area contributed by atoms with Crippen molar-refractivity contribution in [3.8, 4) is 0 Å². The molecule has 1 saturated heterocycles. The maximum absolute atomic E-state index is 12.6. The van der Waals surface area contributed by atoms with Crippen molar-refractivity contribution in [2.45, 2.75) is 77.3 Å². The molecule has 2 aliphatic rings. The Morgan fingerprint density at radius 2 is 1.61 bits per heavy atom. The van der Waals surface area contributed by atoms with Crippen LogP contribution in [0.15, 0.2) is 0 Å². The quantitative estimate of drug-likeness (QED) is 0.757. The van der Waals surface area contributed by atoms with Gasteiger partial charge in [-0.1, -0.05) is 26.7 Å². The first-order valence-corrected chi connectivity index (χ1v) is 8.90. The van der Waals surface area contributed by atoms with Crippen LogP contribution in [0.5, 0.6) is 0 Å². The van der Waals surface area contributed by atoms with E-state index in [2.05, 4.69) is 24.1 Å². The Hall–Kier alpha value is -0.0300. The summed E-state index contributed by atoms with van der Waals surface area (Å²) in [6.07, 6.45) is 9.38. The Balaban J connectivity index is 0.00000242. The van der Waals surface area contributed by atoms with E-state index < -0.39 is 0 Å². The number of hydrogen-bond acceptors (Lipinski definition) is 3. The third-order valence-electron chi connectivity index (χ3n) is 5.93. The first-order valence-electron chi connectivity index (χ1n) is 8.90. The molecule has 0 unspecified atom stereocenters. The van der Waals surface area contributed by atoms with E-state index >= 15 is 0 Å². The normalized spacial score (nSPS) is 20.7. The molecule has 3 N–H and O–H groups in total. The third-order valence-corrected chi connectivity index (χ3v) is 5.93. The molecule has 0 bridgehead atoms. The summed E-state index contributed by atoms with van der Waals surface area (Å²) in [6, 6.07) is 1.16. The molecular weight excluding hydrogens is 333 g/mol. The average molecular weight is 368 g/mol. The molecule has 0 aromatic heterocycles. The number of piperidine rings is 1. The van der Waals surface area contributed by atoms with Gasteiger partial charge >= 0.3 is 0 Å². The lowest BCUT2D eigenvalue weighted by atomic mass is 9.81. The monoisotopic (exact) mass is 367 g/mol. The van der Waals surface area contributed by atoms with Crippen molar-refractivity contribution in [3.05, 3.63) is 0 Å². The highest BCUT2D eigenvalue weighted by atomic mass is 35.5. The summed E-state index contributed by atoms with van der Waals surface area (Å²) in [5.74, 6) is 0.175. The molecule has 0 radical (unpaired) electrons. The minimum Gasteiger partial charge on any atom is -0.353 e. The highest BCUT2D eigenvalue weighted by Gasteiger charge is 2.35. The molecule has 1 heterocycles. The largest absolute Gasteiger partial charge is 0.353 e. The van der Waals surface area contributed by atoms with Crippen LogP contribution in [-0.2, 0) is 4.79 Å². The Morgan fingerprint density at radius 1 is 1.09 bits per heavy atom. The number of amides is 1. The molecule has 0 spiro atoms. The lowest BCUT2D eigenvalue weighted by molar-refractivity contribution is -0.132. The maximum atomic E-state index is 12.6. The van der Waals surface area contributed by atoms with Crippen molar-refractivity contribution in [2.24, 2.45) is 11.1 Å². The summed E-state index contributed by atoms with van der Waals surface area (Å²) in [5, 5.41) is 3.28. The van der Waals surface area contributed by atoms with E-state index in [1.165, 1.54) is 25.7 Å². The van der Waals surface area contributed by atoms with Crippen molar-refractivity contribution in [2.75, 3.05) is 19.6 Å². The second-order valence-electron chi connectivity index (χ2n) is 6.91. The Bertz CT molecular complexity index is 328. The Kier molecular flexibility index (Phi) is 10.7. The van der Waals surface area contributed by atoms with Crippen molar-refractivity contribution >= 4 is 30.7 Å². The number of likely N-dealkylation sites (tertiary alicyclic amines) is 1. The van der Waals surface area contributed by atoms with Crippen molar-refractivity contribution in [1.29, 1.82) is 0 Å². The van der Waals surface area contributed by atoms with E-state index in [1.807, 2.05) is 0 Å². The average Bonchev–Trinajstić information content (AvgIpc) is 3.05. The van der Waals surface area contributed by atoms with Crippen LogP contribution >= 0.6 is 24.8 Å². The van der Waals surface area contributed by atoms with Gasteiger partial charge in [0.05, 0.1) is 5.41 Å². The number of hydrogen-bond donors (Lipinski definition) is 2. The van der Waals surface area contributed by atoms with Crippen LogP contribution in [0.4, 0.5) is 0 Å². The molecule has 0 atom stereocenters. The highest BCUT2D eigenvalue weighted by molar-refractivity contribution is 5.85. The molecule has 1 aliphatic heterocycles. The zero-order valence-electron chi connectivity index (χ0n) is 14.7. The van der Waals surface area contributed by atoms with Gasteiger partial charge in [0, 0.05) is 31.7 Å². The van der Waals surface area contributed by atoms with E-state index in [0.29, 0.717) is 12.6 Å². The number of rotatable bonds is 6. The number of nitrogens with zero attached hydrogens (tertiary/aromatic N) is 1. The summed E-state index contributed by atoms with van der Waals surface area (Å²) in [5.41, 5.74) is 5.51.